The van der Waals surface area contributed by atoms with E-state index < -0.39 is 0 Å². The molecule has 88 valence electrons. The highest BCUT2D eigenvalue weighted by molar-refractivity contribution is 14.1. The number of ether oxygens (including phenoxy) is 1. The van der Waals surface area contributed by atoms with Crippen molar-refractivity contribution in [3.8, 4) is 0 Å². The Morgan fingerprint density at radius 1 is 1.56 bits per heavy atom. The zero-order chi connectivity index (χ0) is 11.5. The number of aromatic nitrogens is 2. The molecule has 1 fully saturated rings. The third-order valence-electron chi connectivity index (χ3n) is 2.49. The fraction of sp³-hybridized carbons (Fsp3) is 0.636. The van der Waals surface area contributed by atoms with Crippen LogP contribution in [0.15, 0.2) is 4.79 Å². The highest BCUT2D eigenvalue weighted by atomic mass is 127. The first-order chi connectivity index (χ1) is 7.72. The van der Waals surface area contributed by atoms with E-state index in [-0.39, 0.29) is 5.56 Å². The zero-order valence-electron chi connectivity index (χ0n) is 9.25. The predicted molar refractivity (Wildman–Crippen MR) is 69.5 cm³/mol. The van der Waals surface area contributed by atoms with Crippen LogP contribution in [0, 0.1) is 3.57 Å². The van der Waals surface area contributed by atoms with Gasteiger partial charge in [0.15, 0.2) is 0 Å². The van der Waals surface area contributed by atoms with Crippen LogP contribution in [-0.4, -0.2) is 16.6 Å². The van der Waals surface area contributed by atoms with Gasteiger partial charge >= 0.3 is 0 Å². The maximum absolute atomic E-state index is 11.7. The lowest BCUT2D eigenvalue weighted by Crippen LogP contribution is -2.18. The fourth-order valence-corrected chi connectivity index (χ4v) is 2.23. The average Bonchev–Trinajstić information content (AvgIpc) is 3.07. The van der Waals surface area contributed by atoms with E-state index in [1.54, 1.807) is 0 Å². The second kappa shape index (κ2) is 5.27. The molecular formula is C11H15IN2O2. The molecule has 0 bridgehead atoms. The van der Waals surface area contributed by atoms with Gasteiger partial charge in [0.05, 0.1) is 9.26 Å². The van der Waals surface area contributed by atoms with Crippen molar-refractivity contribution in [2.24, 2.45) is 0 Å². The number of nitrogens with zero attached hydrogens (tertiary/aromatic N) is 1. The van der Waals surface area contributed by atoms with Gasteiger partial charge in [-0.2, -0.15) is 0 Å². The van der Waals surface area contributed by atoms with Gasteiger partial charge in [0.2, 0.25) is 0 Å². The van der Waals surface area contributed by atoms with E-state index in [2.05, 4.69) is 39.5 Å². The number of halogens is 1. The second-order valence-electron chi connectivity index (χ2n) is 4.04. The average molecular weight is 334 g/mol. The highest BCUT2D eigenvalue weighted by Crippen LogP contribution is 2.40. The van der Waals surface area contributed by atoms with Crippen LogP contribution in [0.2, 0.25) is 0 Å². The Hall–Kier alpha value is -0.430. The van der Waals surface area contributed by atoms with Crippen LogP contribution in [0.5, 0.6) is 0 Å². The molecule has 0 aromatic carbocycles. The normalized spacial score (nSPS) is 15.4. The van der Waals surface area contributed by atoms with E-state index in [4.69, 9.17) is 4.74 Å². The topological polar surface area (TPSA) is 55.0 Å². The molecule has 1 saturated carbocycles. The van der Waals surface area contributed by atoms with E-state index in [0.717, 1.165) is 28.5 Å². The van der Waals surface area contributed by atoms with Crippen LogP contribution in [0.1, 0.15) is 43.6 Å². The Morgan fingerprint density at radius 3 is 2.94 bits per heavy atom. The molecule has 0 amide bonds. The van der Waals surface area contributed by atoms with Crippen molar-refractivity contribution in [2.45, 2.75) is 38.7 Å². The maximum atomic E-state index is 11.7. The molecule has 1 aliphatic carbocycles. The number of nitrogens with one attached hydrogen (secondary N) is 1. The largest absolute Gasteiger partial charge is 0.374 e. The van der Waals surface area contributed by atoms with Crippen molar-refractivity contribution in [3.63, 3.8) is 0 Å². The zero-order valence-corrected chi connectivity index (χ0v) is 11.4. The SMILES string of the molecule is CCCOCc1nc(C2CC2)c(I)c(=O)[nH]1. The van der Waals surface area contributed by atoms with Gasteiger partial charge in [-0.3, -0.25) is 4.79 Å². The minimum atomic E-state index is -0.0346. The van der Waals surface area contributed by atoms with Crippen molar-refractivity contribution < 1.29 is 4.74 Å². The van der Waals surface area contributed by atoms with E-state index in [9.17, 15) is 4.79 Å². The van der Waals surface area contributed by atoms with Gasteiger partial charge in [-0.1, -0.05) is 6.92 Å². The standard InChI is InChI=1S/C11H15IN2O2/c1-2-5-16-6-8-13-10(7-3-4-7)9(12)11(15)14-8/h7H,2-6H2,1H3,(H,13,14,15). The number of rotatable bonds is 5. The van der Waals surface area contributed by atoms with Crippen LogP contribution in [-0.2, 0) is 11.3 Å². The quantitative estimate of drug-likeness (QED) is 0.663. The summed E-state index contributed by atoms with van der Waals surface area (Å²) in [6.45, 7) is 3.16. The lowest BCUT2D eigenvalue weighted by atomic mass is 10.3. The Morgan fingerprint density at radius 2 is 2.31 bits per heavy atom. The summed E-state index contributed by atoms with van der Waals surface area (Å²) >= 11 is 2.07. The van der Waals surface area contributed by atoms with Crippen molar-refractivity contribution >= 4 is 22.6 Å². The van der Waals surface area contributed by atoms with Gasteiger partial charge in [0.25, 0.3) is 5.56 Å². The lowest BCUT2D eigenvalue weighted by Gasteiger charge is -2.06. The minimum absolute atomic E-state index is 0.0346. The van der Waals surface area contributed by atoms with Gasteiger partial charge in [0.1, 0.15) is 12.4 Å². The van der Waals surface area contributed by atoms with Gasteiger partial charge in [0, 0.05) is 12.5 Å². The Balaban J connectivity index is 2.16. The van der Waals surface area contributed by atoms with Gasteiger partial charge < -0.3 is 9.72 Å². The molecule has 0 spiro atoms. The van der Waals surface area contributed by atoms with Crippen molar-refractivity contribution in [1.29, 1.82) is 0 Å². The van der Waals surface area contributed by atoms with Crippen LogP contribution in [0.3, 0.4) is 0 Å². The summed E-state index contributed by atoms with van der Waals surface area (Å²) in [7, 11) is 0. The third-order valence-corrected chi connectivity index (χ3v) is 3.53. The summed E-state index contributed by atoms with van der Waals surface area (Å²) in [5, 5.41) is 0. The summed E-state index contributed by atoms with van der Waals surface area (Å²) in [5.41, 5.74) is 0.923. The van der Waals surface area contributed by atoms with E-state index in [0.29, 0.717) is 25.0 Å². The summed E-state index contributed by atoms with van der Waals surface area (Å²) < 4.78 is 6.12. The third kappa shape index (κ3) is 2.82. The first-order valence-electron chi connectivity index (χ1n) is 5.58. The fourth-order valence-electron chi connectivity index (χ4n) is 1.53. The Labute approximate surface area is 108 Å². The molecule has 0 radical (unpaired) electrons. The number of hydrogen-bond acceptors (Lipinski definition) is 3. The molecule has 1 heterocycles. The first kappa shape index (κ1) is 12.0. The molecule has 16 heavy (non-hydrogen) atoms. The lowest BCUT2D eigenvalue weighted by molar-refractivity contribution is 0.115. The summed E-state index contributed by atoms with van der Waals surface area (Å²) in [6.07, 6.45) is 3.29. The van der Waals surface area contributed by atoms with Crippen molar-refractivity contribution in [2.75, 3.05) is 6.61 Å². The molecule has 1 aliphatic rings. The van der Waals surface area contributed by atoms with Crippen molar-refractivity contribution in [1.82, 2.24) is 9.97 Å². The minimum Gasteiger partial charge on any atom is -0.374 e. The number of aromatic amines is 1. The van der Waals surface area contributed by atoms with Crippen molar-refractivity contribution in [3.05, 3.63) is 25.4 Å². The van der Waals surface area contributed by atoms with Crippen LogP contribution in [0.25, 0.3) is 0 Å². The van der Waals surface area contributed by atoms with E-state index in [1.165, 1.54) is 0 Å². The maximum Gasteiger partial charge on any atom is 0.264 e. The smallest absolute Gasteiger partial charge is 0.264 e. The Bertz CT molecular complexity index is 426. The first-order valence-corrected chi connectivity index (χ1v) is 6.66. The molecule has 1 aromatic heterocycles. The van der Waals surface area contributed by atoms with Gasteiger partial charge in [-0.15, -0.1) is 0 Å². The summed E-state index contributed by atoms with van der Waals surface area (Å²) in [5.74, 6) is 1.15. The molecule has 5 heteroatoms. The Kier molecular flexibility index (Phi) is 3.96. The van der Waals surface area contributed by atoms with Crippen LogP contribution < -0.4 is 5.56 Å². The molecule has 2 rings (SSSR count). The van der Waals surface area contributed by atoms with Crippen LogP contribution in [0.4, 0.5) is 0 Å². The molecule has 0 atom stereocenters. The van der Waals surface area contributed by atoms with Crippen LogP contribution >= 0.6 is 22.6 Å². The molecule has 0 saturated heterocycles. The molecule has 1 N–H and O–H groups in total. The van der Waals surface area contributed by atoms with Gasteiger partial charge in [-0.05, 0) is 41.9 Å². The summed E-state index contributed by atoms with van der Waals surface area (Å²) in [4.78, 5) is 18.9. The predicted octanol–water partition coefficient (Wildman–Crippen LogP) is 2.18. The highest BCUT2D eigenvalue weighted by Gasteiger charge is 2.28. The van der Waals surface area contributed by atoms with E-state index in [1.807, 2.05) is 0 Å². The number of H-pyrrole nitrogens is 1. The monoisotopic (exact) mass is 334 g/mol. The number of hydrogen-bond donors (Lipinski definition) is 1. The molecule has 4 nitrogen and oxygen atoms in total. The molecule has 0 unspecified atom stereocenters. The molecule has 1 aromatic rings. The summed E-state index contributed by atoms with van der Waals surface area (Å²) in [6, 6.07) is 0. The second-order valence-corrected chi connectivity index (χ2v) is 5.12. The molecule has 0 aliphatic heterocycles. The molecular weight excluding hydrogens is 319 g/mol. The van der Waals surface area contributed by atoms with Gasteiger partial charge in [-0.25, -0.2) is 4.98 Å². The van der Waals surface area contributed by atoms with E-state index >= 15 is 0 Å².